The number of rotatable bonds is 5. The number of aromatic nitrogens is 2. The molecule has 1 atom stereocenters. The summed E-state index contributed by atoms with van der Waals surface area (Å²) in [5.74, 6) is 0.766. The highest BCUT2D eigenvalue weighted by Gasteiger charge is 2.22. The van der Waals surface area contributed by atoms with Gasteiger partial charge in [0.2, 0.25) is 5.95 Å². The van der Waals surface area contributed by atoms with Crippen LogP contribution < -0.4 is 10.1 Å². The summed E-state index contributed by atoms with van der Waals surface area (Å²) in [6.07, 6.45) is 3.98. The number of nitrogens with one attached hydrogen (secondary N) is 1. The molecule has 7 heteroatoms. The Kier molecular flexibility index (Phi) is 7.39. The van der Waals surface area contributed by atoms with E-state index in [2.05, 4.69) is 34.0 Å². The molecule has 5 nitrogen and oxygen atoms in total. The Labute approximate surface area is 166 Å². The number of ether oxygens (including phenoxy) is 1. The number of benzene rings is 1. The van der Waals surface area contributed by atoms with E-state index in [1.54, 1.807) is 18.3 Å². The topological polar surface area (TPSA) is 50.3 Å². The van der Waals surface area contributed by atoms with E-state index in [0.29, 0.717) is 34.9 Å². The summed E-state index contributed by atoms with van der Waals surface area (Å²) in [4.78, 5) is 11.5. The molecule has 1 aliphatic heterocycles. The number of halogens is 2. The highest BCUT2D eigenvalue weighted by molar-refractivity contribution is 5.85. The lowest BCUT2D eigenvalue weighted by Crippen LogP contribution is -2.45. The van der Waals surface area contributed by atoms with E-state index in [0.717, 1.165) is 25.2 Å². The van der Waals surface area contributed by atoms with Crippen molar-refractivity contribution in [3.05, 3.63) is 35.9 Å². The number of piperidine rings is 1. The first-order valence-electron chi connectivity index (χ1n) is 9.16. The summed E-state index contributed by atoms with van der Waals surface area (Å²) >= 11 is 0. The van der Waals surface area contributed by atoms with E-state index in [4.69, 9.17) is 4.74 Å². The minimum absolute atomic E-state index is 0. The molecule has 2 aromatic rings. The van der Waals surface area contributed by atoms with E-state index in [-0.39, 0.29) is 18.2 Å². The van der Waals surface area contributed by atoms with Gasteiger partial charge in [-0.25, -0.2) is 14.4 Å². The van der Waals surface area contributed by atoms with Crippen LogP contribution in [0, 0.1) is 12.7 Å². The molecule has 27 heavy (non-hydrogen) atoms. The standard InChI is InChI=1S/C20H27FN4O.ClH/c1-13(2)25-9-5-6-15(12-25)24-20-22-11-18(14(3)23-20)17-8-7-16(26-4)10-19(17)21;/h7-8,10-11,13,15H,5-6,9,12H2,1-4H3,(H,22,23,24);1H. The molecule has 1 N–H and O–H groups in total. The van der Waals surface area contributed by atoms with Gasteiger partial charge in [-0.3, -0.25) is 4.90 Å². The van der Waals surface area contributed by atoms with E-state index in [1.165, 1.54) is 19.6 Å². The maximum atomic E-state index is 14.3. The fourth-order valence-electron chi connectivity index (χ4n) is 3.42. The number of likely N-dealkylation sites (tertiary alicyclic amines) is 1. The summed E-state index contributed by atoms with van der Waals surface area (Å²) in [5.41, 5.74) is 1.93. The summed E-state index contributed by atoms with van der Waals surface area (Å²) in [6.45, 7) is 8.47. The van der Waals surface area contributed by atoms with Crippen molar-refractivity contribution < 1.29 is 9.13 Å². The van der Waals surface area contributed by atoms with Crippen LogP contribution >= 0.6 is 12.4 Å². The molecule has 0 aliphatic carbocycles. The molecule has 1 unspecified atom stereocenters. The van der Waals surface area contributed by atoms with Crippen molar-refractivity contribution in [2.24, 2.45) is 0 Å². The second-order valence-electron chi connectivity index (χ2n) is 7.11. The Morgan fingerprint density at radius 3 is 2.70 bits per heavy atom. The number of anilines is 1. The maximum Gasteiger partial charge on any atom is 0.223 e. The molecular formula is C20H28ClFN4O. The van der Waals surface area contributed by atoms with Gasteiger partial charge in [-0.05, 0) is 52.3 Å². The lowest BCUT2D eigenvalue weighted by Gasteiger charge is -2.35. The van der Waals surface area contributed by atoms with Crippen LogP contribution in [0.4, 0.5) is 10.3 Å². The minimum atomic E-state index is -0.336. The smallest absolute Gasteiger partial charge is 0.223 e. The van der Waals surface area contributed by atoms with Crippen LogP contribution in [0.2, 0.25) is 0 Å². The van der Waals surface area contributed by atoms with Crippen molar-refractivity contribution in [3.63, 3.8) is 0 Å². The van der Waals surface area contributed by atoms with Crippen molar-refractivity contribution in [2.75, 3.05) is 25.5 Å². The van der Waals surface area contributed by atoms with Crippen molar-refractivity contribution in [2.45, 2.75) is 45.7 Å². The number of methoxy groups -OCH3 is 1. The molecule has 3 rings (SSSR count). The number of hydrogen-bond donors (Lipinski definition) is 1. The predicted octanol–water partition coefficient (Wildman–Crippen LogP) is 4.31. The average molecular weight is 395 g/mol. The maximum absolute atomic E-state index is 14.3. The van der Waals surface area contributed by atoms with Crippen molar-refractivity contribution in [1.29, 1.82) is 0 Å². The summed E-state index contributed by atoms with van der Waals surface area (Å²) in [5, 5.41) is 3.44. The highest BCUT2D eigenvalue weighted by atomic mass is 35.5. The van der Waals surface area contributed by atoms with Gasteiger partial charge in [0.05, 0.1) is 12.8 Å². The third kappa shape index (κ3) is 5.08. The SMILES string of the molecule is COc1ccc(-c2cnc(NC3CCCN(C(C)C)C3)nc2C)c(F)c1.Cl. The Balaban J connectivity index is 0.00000261. The monoisotopic (exact) mass is 394 g/mol. The average Bonchev–Trinajstić information content (AvgIpc) is 2.62. The van der Waals surface area contributed by atoms with Crippen LogP contribution in [0.5, 0.6) is 5.75 Å². The highest BCUT2D eigenvalue weighted by Crippen LogP contribution is 2.28. The van der Waals surface area contributed by atoms with Crippen molar-refractivity contribution in [1.82, 2.24) is 14.9 Å². The summed E-state index contributed by atoms with van der Waals surface area (Å²) < 4.78 is 19.4. The molecular weight excluding hydrogens is 367 g/mol. The van der Waals surface area contributed by atoms with Gasteiger partial charge in [0.1, 0.15) is 11.6 Å². The lowest BCUT2D eigenvalue weighted by atomic mass is 10.0. The second kappa shape index (κ2) is 9.33. The molecule has 0 saturated carbocycles. The van der Waals surface area contributed by atoms with Gasteiger partial charge >= 0.3 is 0 Å². The van der Waals surface area contributed by atoms with Crippen LogP contribution in [0.1, 0.15) is 32.4 Å². The van der Waals surface area contributed by atoms with E-state index >= 15 is 0 Å². The molecule has 0 bridgehead atoms. The zero-order valence-electron chi connectivity index (χ0n) is 16.3. The summed E-state index contributed by atoms with van der Waals surface area (Å²) in [6, 6.07) is 5.71. The molecule has 2 heterocycles. The third-order valence-corrected chi connectivity index (χ3v) is 4.96. The first-order valence-corrected chi connectivity index (χ1v) is 9.16. The zero-order valence-corrected chi connectivity index (χ0v) is 17.1. The molecule has 1 aromatic heterocycles. The largest absolute Gasteiger partial charge is 0.497 e. The van der Waals surface area contributed by atoms with E-state index in [9.17, 15) is 4.39 Å². The predicted molar refractivity (Wildman–Crippen MR) is 109 cm³/mol. The zero-order chi connectivity index (χ0) is 18.7. The van der Waals surface area contributed by atoms with Gasteiger partial charge in [0, 0.05) is 42.0 Å². The molecule has 0 radical (unpaired) electrons. The first kappa shape index (κ1) is 21.4. The van der Waals surface area contributed by atoms with Crippen molar-refractivity contribution in [3.8, 4) is 16.9 Å². The van der Waals surface area contributed by atoms with Crippen LogP contribution in [-0.4, -0.2) is 47.2 Å². The number of hydrogen-bond acceptors (Lipinski definition) is 5. The Morgan fingerprint density at radius 1 is 1.30 bits per heavy atom. The van der Waals surface area contributed by atoms with Gasteiger partial charge < -0.3 is 10.1 Å². The molecule has 1 aliphatic rings. The molecule has 1 saturated heterocycles. The molecule has 0 amide bonds. The van der Waals surface area contributed by atoms with E-state index in [1.807, 2.05) is 6.92 Å². The Bertz CT molecular complexity index is 772. The normalized spacial score (nSPS) is 17.5. The molecule has 0 spiro atoms. The van der Waals surface area contributed by atoms with Crippen LogP contribution in [0.25, 0.3) is 11.1 Å². The third-order valence-electron chi connectivity index (χ3n) is 4.96. The lowest BCUT2D eigenvalue weighted by molar-refractivity contribution is 0.174. The molecule has 1 fully saturated rings. The van der Waals surface area contributed by atoms with Crippen LogP contribution in [0.3, 0.4) is 0 Å². The quantitative estimate of drug-likeness (QED) is 0.819. The second-order valence-corrected chi connectivity index (χ2v) is 7.11. The fourth-order valence-corrected chi connectivity index (χ4v) is 3.42. The van der Waals surface area contributed by atoms with Gasteiger partial charge in [-0.1, -0.05) is 0 Å². The Hall–Kier alpha value is -1.92. The van der Waals surface area contributed by atoms with E-state index < -0.39 is 0 Å². The molecule has 1 aromatic carbocycles. The number of aryl methyl sites for hydroxylation is 1. The van der Waals surface area contributed by atoms with Crippen molar-refractivity contribution >= 4 is 18.4 Å². The minimum Gasteiger partial charge on any atom is -0.497 e. The molecule has 148 valence electrons. The van der Waals surface area contributed by atoms with Gasteiger partial charge in [-0.2, -0.15) is 0 Å². The first-order chi connectivity index (χ1) is 12.5. The van der Waals surface area contributed by atoms with Crippen LogP contribution in [0.15, 0.2) is 24.4 Å². The number of nitrogens with zero attached hydrogens (tertiary/aromatic N) is 3. The van der Waals surface area contributed by atoms with Gasteiger partial charge in [-0.15, -0.1) is 12.4 Å². The van der Waals surface area contributed by atoms with Gasteiger partial charge in [0.25, 0.3) is 0 Å². The van der Waals surface area contributed by atoms with Gasteiger partial charge in [0.15, 0.2) is 0 Å². The van der Waals surface area contributed by atoms with Crippen LogP contribution in [-0.2, 0) is 0 Å². The summed E-state index contributed by atoms with van der Waals surface area (Å²) in [7, 11) is 1.52. The Morgan fingerprint density at radius 2 is 2.07 bits per heavy atom. The fraction of sp³-hybridized carbons (Fsp3) is 0.500.